The minimum Gasteiger partial charge on any atom is -0.378 e. The number of rotatable bonds is 5. The highest BCUT2D eigenvalue weighted by atomic mass is 19.1. The Labute approximate surface area is 187 Å². The molecule has 0 atom stereocenters. The summed E-state index contributed by atoms with van der Waals surface area (Å²) in [7, 11) is 0. The van der Waals surface area contributed by atoms with Crippen LogP contribution in [-0.4, -0.2) is 41.7 Å². The van der Waals surface area contributed by atoms with E-state index in [1.807, 2.05) is 9.47 Å². The number of amides is 1. The van der Waals surface area contributed by atoms with Crippen molar-refractivity contribution in [3.05, 3.63) is 74.3 Å². The van der Waals surface area contributed by atoms with Crippen LogP contribution in [0, 0.1) is 15.9 Å². The van der Waals surface area contributed by atoms with Crippen molar-refractivity contribution in [1.29, 1.82) is 0 Å². The first-order valence-electron chi connectivity index (χ1n) is 10.7. The topological polar surface area (TPSA) is 107 Å². The summed E-state index contributed by atoms with van der Waals surface area (Å²) in [5.41, 5.74) is -0.144. The molecule has 5 rings (SSSR count). The first-order chi connectivity index (χ1) is 15.9. The van der Waals surface area contributed by atoms with Gasteiger partial charge >= 0.3 is 0 Å². The van der Waals surface area contributed by atoms with E-state index in [0.717, 1.165) is 12.8 Å². The molecule has 2 aromatic carbocycles. The van der Waals surface area contributed by atoms with E-state index in [1.54, 1.807) is 12.1 Å². The number of halogens is 1. The fraction of sp³-hybridized carbons (Fsp3) is 0.304. The fourth-order valence-corrected chi connectivity index (χ4v) is 4.15. The molecule has 0 spiro atoms. The van der Waals surface area contributed by atoms with Crippen molar-refractivity contribution in [2.45, 2.75) is 18.9 Å². The molecule has 0 bridgehead atoms. The van der Waals surface area contributed by atoms with Gasteiger partial charge in [-0.15, -0.1) is 0 Å². The second kappa shape index (κ2) is 8.28. The van der Waals surface area contributed by atoms with Crippen LogP contribution in [0.3, 0.4) is 0 Å². The molecule has 1 aliphatic heterocycles. The smallest absolute Gasteiger partial charge is 0.292 e. The number of para-hydroxylation sites is 2. The van der Waals surface area contributed by atoms with E-state index in [0.29, 0.717) is 37.5 Å². The van der Waals surface area contributed by atoms with Crippen molar-refractivity contribution in [1.82, 2.24) is 4.57 Å². The van der Waals surface area contributed by atoms with Gasteiger partial charge in [0.25, 0.3) is 11.6 Å². The van der Waals surface area contributed by atoms with Gasteiger partial charge < -0.3 is 19.5 Å². The molecule has 0 radical (unpaired) electrons. The van der Waals surface area contributed by atoms with E-state index in [1.165, 1.54) is 30.5 Å². The molecule has 1 amide bonds. The third kappa shape index (κ3) is 3.93. The summed E-state index contributed by atoms with van der Waals surface area (Å²) >= 11 is 0. The number of ether oxygens (including phenoxy) is 1. The summed E-state index contributed by atoms with van der Waals surface area (Å²) in [6.07, 6.45) is 3.24. The van der Waals surface area contributed by atoms with Crippen LogP contribution in [0.5, 0.6) is 0 Å². The van der Waals surface area contributed by atoms with Crippen molar-refractivity contribution < 1.29 is 18.8 Å². The number of nitro benzene ring substituents is 1. The lowest BCUT2D eigenvalue weighted by atomic mass is 10.1. The second-order valence-corrected chi connectivity index (χ2v) is 8.16. The number of nitrogens with zero attached hydrogens (tertiary/aromatic N) is 3. The number of hydrogen-bond acceptors (Lipinski definition) is 6. The highest BCUT2D eigenvalue weighted by Gasteiger charge is 2.29. The number of fused-ring (bicyclic) bond motifs is 1. The van der Waals surface area contributed by atoms with E-state index >= 15 is 4.39 Å². The van der Waals surface area contributed by atoms with E-state index in [-0.39, 0.29) is 28.4 Å². The molecule has 1 N–H and O–H groups in total. The lowest BCUT2D eigenvalue weighted by Gasteiger charge is -2.29. The maximum absolute atomic E-state index is 15.0. The van der Waals surface area contributed by atoms with Gasteiger partial charge in [-0.3, -0.25) is 19.7 Å². The van der Waals surface area contributed by atoms with Crippen molar-refractivity contribution in [3.63, 3.8) is 0 Å². The van der Waals surface area contributed by atoms with Gasteiger partial charge in [0.1, 0.15) is 17.1 Å². The quantitative estimate of drug-likeness (QED) is 0.469. The van der Waals surface area contributed by atoms with E-state index in [2.05, 4.69) is 5.32 Å². The number of anilines is 2. The molecule has 2 aliphatic rings. The van der Waals surface area contributed by atoms with Crippen molar-refractivity contribution in [2.75, 3.05) is 36.5 Å². The van der Waals surface area contributed by atoms with Crippen LogP contribution >= 0.6 is 0 Å². The molecule has 2 heterocycles. The number of aromatic nitrogens is 1. The summed E-state index contributed by atoms with van der Waals surface area (Å²) in [5, 5.41) is 13.8. The Kier molecular flexibility index (Phi) is 5.29. The molecule has 33 heavy (non-hydrogen) atoms. The second-order valence-electron chi connectivity index (χ2n) is 8.16. The van der Waals surface area contributed by atoms with Crippen molar-refractivity contribution in [2.24, 2.45) is 0 Å². The number of carbonyl (C=O) groups excluding carboxylic acids is 1. The number of hydrogen-bond donors (Lipinski definition) is 1. The van der Waals surface area contributed by atoms with Crippen LogP contribution in [0.4, 0.5) is 21.5 Å². The first kappa shape index (κ1) is 21.1. The molecular formula is C23H21FN4O5. The van der Waals surface area contributed by atoms with E-state index < -0.39 is 22.1 Å². The third-order valence-corrected chi connectivity index (χ3v) is 5.99. The number of benzene rings is 2. The molecule has 1 saturated carbocycles. The summed E-state index contributed by atoms with van der Waals surface area (Å²) < 4.78 is 22.2. The summed E-state index contributed by atoms with van der Waals surface area (Å²) in [5.74, 6) is -1.32. The molecule has 2 fully saturated rings. The zero-order chi connectivity index (χ0) is 23.1. The predicted molar refractivity (Wildman–Crippen MR) is 121 cm³/mol. The molecule has 10 heteroatoms. The largest absolute Gasteiger partial charge is 0.378 e. The summed E-state index contributed by atoms with van der Waals surface area (Å²) in [4.78, 5) is 38.7. The SMILES string of the molecule is O=C(Nc1ccccc1[N+](=O)[O-])c1cn(C2CC2)c2cc(N3CCOCC3)c(F)cc2c1=O. The van der Waals surface area contributed by atoms with Crippen molar-refractivity contribution >= 4 is 33.9 Å². The zero-order valence-electron chi connectivity index (χ0n) is 17.6. The van der Waals surface area contributed by atoms with Crippen molar-refractivity contribution in [3.8, 4) is 0 Å². The molecule has 1 aromatic heterocycles. The number of carbonyl (C=O) groups is 1. The molecule has 9 nitrogen and oxygen atoms in total. The van der Waals surface area contributed by atoms with E-state index in [4.69, 9.17) is 4.74 Å². The molecule has 170 valence electrons. The van der Waals surface area contributed by atoms with Gasteiger partial charge in [-0.1, -0.05) is 12.1 Å². The Morgan fingerprint density at radius 2 is 1.91 bits per heavy atom. The Morgan fingerprint density at radius 3 is 2.61 bits per heavy atom. The van der Waals surface area contributed by atoms with Crippen LogP contribution in [0.25, 0.3) is 10.9 Å². The predicted octanol–water partition coefficient (Wildman–Crippen LogP) is 3.47. The average Bonchev–Trinajstić information content (AvgIpc) is 3.65. The van der Waals surface area contributed by atoms with Gasteiger partial charge in [-0.2, -0.15) is 0 Å². The Morgan fingerprint density at radius 1 is 1.18 bits per heavy atom. The van der Waals surface area contributed by atoms with Crippen LogP contribution in [0.15, 0.2) is 47.4 Å². The Bertz CT molecular complexity index is 1330. The zero-order valence-corrected chi connectivity index (χ0v) is 17.6. The fourth-order valence-electron chi connectivity index (χ4n) is 4.15. The van der Waals surface area contributed by atoms with Crippen LogP contribution in [0.1, 0.15) is 29.2 Å². The third-order valence-electron chi connectivity index (χ3n) is 5.99. The standard InChI is InChI=1S/C23H21FN4O5/c24-17-11-15-20(12-21(17)26-7-9-33-10-8-26)27(14-5-6-14)13-16(22(15)29)23(30)25-18-3-1-2-4-19(18)28(31)32/h1-4,11-14H,5-10H2,(H,25,30). The number of nitrogens with one attached hydrogen (secondary N) is 1. The summed E-state index contributed by atoms with van der Waals surface area (Å²) in [6, 6.07) is 8.65. The first-order valence-corrected chi connectivity index (χ1v) is 10.7. The van der Waals surface area contributed by atoms with Gasteiger partial charge in [-0.05, 0) is 31.0 Å². The number of morpholine rings is 1. The lowest BCUT2D eigenvalue weighted by molar-refractivity contribution is -0.383. The molecule has 3 aromatic rings. The van der Waals surface area contributed by atoms with Crippen LogP contribution in [-0.2, 0) is 4.74 Å². The maximum atomic E-state index is 15.0. The minimum atomic E-state index is -0.775. The molecule has 1 aliphatic carbocycles. The van der Waals surface area contributed by atoms with Gasteiger partial charge in [-0.25, -0.2) is 4.39 Å². The van der Waals surface area contributed by atoms with E-state index in [9.17, 15) is 19.7 Å². The Hall–Kier alpha value is -3.79. The lowest BCUT2D eigenvalue weighted by Crippen LogP contribution is -2.36. The number of pyridine rings is 1. The minimum absolute atomic E-state index is 0.0150. The highest BCUT2D eigenvalue weighted by Crippen LogP contribution is 2.38. The maximum Gasteiger partial charge on any atom is 0.292 e. The van der Waals surface area contributed by atoms with Gasteiger partial charge in [0, 0.05) is 36.8 Å². The molecule has 1 saturated heterocycles. The normalized spacial score (nSPS) is 16.1. The molecule has 0 unspecified atom stereocenters. The van der Waals surface area contributed by atoms with Gasteiger partial charge in [0.05, 0.1) is 29.3 Å². The average molecular weight is 452 g/mol. The summed E-state index contributed by atoms with van der Waals surface area (Å²) in [6.45, 7) is 2.09. The van der Waals surface area contributed by atoms with Gasteiger partial charge in [0.15, 0.2) is 0 Å². The van der Waals surface area contributed by atoms with Crippen LogP contribution < -0.4 is 15.6 Å². The monoisotopic (exact) mass is 452 g/mol. The molecular weight excluding hydrogens is 431 g/mol. The van der Waals surface area contributed by atoms with Gasteiger partial charge in [0.2, 0.25) is 5.43 Å². The number of nitro groups is 1. The highest BCUT2D eigenvalue weighted by molar-refractivity contribution is 6.07. The van der Waals surface area contributed by atoms with Crippen LogP contribution in [0.2, 0.25) is 0 Å². The Balaban J connectivity index is 1.59.